The monoisotopic (exact) mass is 432 g/mol. The molecule has 0 fully saturated rings. The Hall–Kier alpha value is -3.56. The van der Waals surface area contributed by atoms with Crippen molar-refractivity contribution in [2.24, 2.45) is 5.73 Å². The molecule has 1 unspecified atom stereocenters. The van der Waals surface area contributed by atoms with Gasteiger partial charge in [0, 0.05) is 28.3 Å². The smallest absolute Gasteiger partial charge is 0.270 e. The molecule has 156 valence electrons. The summed E-state index contributed by atoms with van der Waals surface area (Å²) in [6, 6.07) is 16.4. The lowest BCUT2D eigenvalue weighted by molar-refractivity contribution is -0.116. The number of carbonyl (C=O) groups excluding carboxylic acids is 2. The molecule has 0 saturated heterocycles. The Bertz CT molecular complexity index is 1170. The Morgan fingerprint density at radius 2 is 1.97 bits per heavy atom. The Morgan fingerprint density at radius 3 is 2.65 bits per heavy atom. The van der Waals surface area contributed by atoms with Gasteiger partial charge < -0.3 is 5.73 Å². The molecule has 2 aliphatic rings. The molecule has 31 heavy (non-hydrogen) atoms. The van der Waals surface area contributed by atoms with Gasteiger partial charge in [-0.25, -0.2) is 5.01 Å². The second-order valence-corrected chi connectivity index (χ2v) is 8.11. The second kappa shape index (κ2) is 8.29. The first-order chi connectivity index (χ1) is 14.9. The van der Waals surface area contributed by atoms with Crippen molar-refractivity contribution in [1.29, 1.82) is 5.26 Å². The highest BCUT2D eigenvalue weighted by atomic mass is 35.5. The summed E-state index contributed by atoms with van der Waals surface area (Å²) < 4.78 is 0. The number of nitrogens with one attached hydrogen (secondary N) is 1. The van der Waals surface area contributed by atoms with Crippen LogP contribution in [0.15, 0.2) is 71.2 Å². The summed E-state index contributed by atoms with van der Waals surface area (Å²) in [6.07, 6.45) is 1.59. The highest BCUT2D eigenvalue weighted by Gasteiger charge is 2.40. The van der Waals surface area contributed by atoms with Gasteiger partial charge in [0.1, 0.15) is 5.82 Å². The molecule has 2 aromatic carbocycles. The van der Waals surface area contributed by atoms with Crippen LogP contribution in [0.1, 0.15) is 46.7 Å². The Morgan fingerprint density at radius 1 is 1.23 bits per heavy atom. The lowest BCUT2D eigenvalue weighted by Crippen LogP contribution is -2.48. The Balaban J connectivity index is 1.81. The highest BCUT2D eigenvalue weighted by Crippen LogP contribution is 2.44. The van der Waals surface area contributed by atoms with Crippen molar-refractivity contribution in [3.05, 3.63) is 92.9 Å². The summed E-state index contributed by atoms with van der Waals surface area (Å²) in [5.74, 6) is -0.923. The van der Waals surface area contributed by atoms with E-state index in [1.807, 2.05) is 25.1 Å². The predicted molar refractivity (Wildman–Crippen MR) is 117 cm³/mol. The minimum absolute atomic E-state index is 0.0546. The largest absolute Gasteiger partial charge is 0.383 e. The maximum atomic E-state index is 13.0. The van der Waals surface area contributed by atoms with Crippen LogP contribution >= 0.6 is 11.6 Å². The van der Waals surface area contributed by atoms with Crippen molar-refractivity contribution in [2.45, 2.75) is 32.1 Å². The van der Waals surface area contributed by atoms with Crippen molar-refractivity contribution >= 4 is 23.3 Å². The van der Waals surface area contributed by atoms with Crippen LogP contribution in [-0.4, -0.2) is 16.7 Å². The summed E-state index contributed by atoms with van der Waals surface area (Å²) in [5.41, 5.74) is 12.7. The lowest BCUT2D eigenvalue weighted by Gasteiger charge is -2.39. The number of nitriles is 1. The van der Waals surface area contributed by atoms with Crippen LogP contribution in [0.2, 0.25) is 5.02 Å². The summed E-state index contributed by atoms with van der Waals surface area (Å²) in [5, 5.41) is 11.9. The van der Waals surface area contributed by atoms with Crippen LogP contribution in [0.4, 0.5) is 0 Å². The number of hydrazine groups is 1. The third-order valence-electron chi connectivity index (χ3n) is 5.62. The van der Waals surface area contributed by atoms with Gasteiger partial charge in [0.25, 0.3) is 5.91 Å². The van der Waals surface area contributed by atoms with Crippen LogP contribution in [0.3, 0.4) is 0 Å². The molecule has 6 nitrogen and oxygen atoms in total. The number of amides is 1. The average Bonchev–Trinajstić information content (AvgIpc) is 2.75. The number of rotatable bonds is 3. The van der Waals surface area contributed by atoms with Gasteiger partial charge in [-0.1, -0.05) is 41.4 Å². The number of aryl methyl sites for hydroxylation is 1. The van der Waals surface area contributed by atoms with E-state index in [2.05, 4.69) is 11.5 Å². The summed E-state index contributed by atoms with van der Waals surface area (Å²) in [6.45, 7) is 1.94. The standard InChI is InChI=1S/C24H21ClN4O2/c1-14-8-10-15(11-9-14)24(31)28-29-19-6-3-7-20(30)22(19)21(18(13-26)23(29)27)16-4-2-5-17(25)12-16/h2,4-5,8-12,21H,3,6-7,27H2,1H3,(H,28,31). The van der Waals surface area contributed by atoms with Gasteiger partial charge >= 0.3 is 0 Å². The third-order valence-corrected chi connectivity index (χ3v) is 5.86. The molecule has 0 radical (unpaired) electrons. The molecule has 0 spiro atoms. The number of ketones is 1. The van der Waals surface area contributed by atoms with Gasteiger partial charge in [0.05, 0.1) is 17.6 Å². The van der Waals surface area contributed by atoms with Crippen LogP contribution in [0, 0.1) is 18.3 Å². The number of benzene rings is 2. The SMILES string of the molecule is Cc1ccc(C(=O)NN2C(N)=C(C#N)C(c3cccc(Cl)c3)C3=C2CCCC3=O)cc1. The third kappa shape index (κ3) is 3.80. The summed E-state index contributed by atoms with van der Waals surface area (Å²) in [7, 11) is 0. The predicted octanol–water partition coefficient (Wildman–Crippen LogP) is 4.09. The maximum Gasteiger partial charge on any atom is 0.270 e. The molecule has 0 bridgehead atoms. The average molecular weight is 433 g/mol. The molecule has 4 rings (SSSR count). The molecule has 0 saturated carbocycles. The molecular formula is C24H21ClN4O2. The molecule has 1 aliphatic carbocycles. The van der Waals surface area contributed by atoms with E-state index in [1.54, 1.807) is 30.3 Å². The fourth-order valence-electron chi connectivity index (χ4n) is 4.10. The van der Waals surface area contributed by atoms with Gasteiger partial charge in [-0.3, -0.25) is 15.0 Å². The van der Waals surface area contributed by atoms with E-state index < -0.39 is 5.92 Å². The minimum Gasteiger partial charge on any atom is -0.383 e. The van der Waals surface area contributed by atoms with E-state index in [-0.39, 0.29) is 23.1 Å². The first kappa shape index (κ1) is 20.7. The van der Waals surface area contributed by atoms with Crippen LogP contribution in [0.25, 0.3) is 0 Å². The van der Waals surface area contributed by atoms with Gasteiger partial charge in [-0.05, 0) is 49.6 Å². The van der Waals surface area contributed by atoms with Crippen molar-refractivity contribution in [2.75, 3.05) is 0 Å². The second-order valence-electron chi connectivity index (χ2n) is 7.68. The molecular weight excluding hydrogens is 412 g/mol. The number of Topliss-reactive ketones (excluding diaryl/α,β-unsaturated/α-hetero) is 1. The van der Waals surface area contributed by atoms with Gasteiger partial charge in [0.15, 0.2) is 5.78 Å². The number of hydrogen-bond donors (Lipinski definition) is 2. The van der Waals surface area contributed by atoms with Crippen LogP contribution in [-0.2, 0) is 4.79 Å². The van der Waals surface area contributed by atoms with E-state index in [0.29, 0.717) is 41.1 Å². The van der Waals surface area contributed by atoms with Crippen molar-refractivity contribution < 1.29 is 9.59 Å². The quantitative estimate of drug-likeness (QED) is 0.760. The van der Waals surface area contributed by atoms with E-state index in [4.69, 9.17) is 17.3 Å². The summed E-state index contributed by atoms with van der Waals surface area (Å²) >= 11 is 6.18. The van der Waals surface area contributed by atoms with Crippen LogP contribution < -0.4 is 11.2 Å². The van der Waals surface area contributed by atoms with E-state index in [0.717, 1.165) is 11.1 Å². The van der Waals surface area contributed by atoms with Gasteiger partial charge in [0.2, 0.25) is 0 Å². The molecule has 3 N–H and O–H groups in total. The number of nitrogens with two attached hydrogens (primary N) is 1. The Kier molecular flexibility index (Phi) is 5.53. The van der Waals surface area contributed by atoms with Gasteiger partial charge in [-0.2, -0.15) is 5.26 Å². The number of allylic oxidation sites excluding steroid dienone is 3. The van der Waals surface area contributed by atoms with Crippen molar-refractivity contribution in [3.8, 4) is 6.07 Å². The first-order valence-corrected chi connectivity index (χ1v) is 10.4. The molecule has 1 heterocycles. The zero-order chi connectivity index (χ0) is 22.1. The molecule has 1 amide bonds. The molecule has 7 heteroatoms. The minimum atomic E-state index is -0.612. The maximum absolute atomic E-state index is 13.0. The van der Waals surface area contributed by atoms with E-state index in [9.17, 15) is 14.9 Å². The Labute approximate surface area is 185 Å². The molecule has 1 aliphatic heterocycles. The number of hydrogen-bond acceptors (Lipinski definition) is 5. The number of carbonyl (C=O) groups is 2. The van der Waals surface area contributed by atoms with E-state index >= 15 is 0 Å². The molecule has 2 aromatic rings. The zero-order valence-corrected chi connectivity index (χ0v) is 17.7. The number of nitrogens with zero attached hydrogens (tertiary/aromatic N) is 2. The first-order valence-electron chi connectivity index (χ1n) is 10.00. The zero-order valence-electron chi connectivity index (χ0n) is 17.0. The fourth-order valence-corrected chi connectivity index (χ4v) is 4.30. The van der Waals surface area contributed by atoms with Crippen molar-refractivity contribution in [1.82, 2.24) is 10.4 Å². The highest BCUT2D eigenvalue weighted by molar-refractivity contribution is 6.30. The van der Waals surface area contributed by atoms with E-state index in [1.165, 1.54) is 5.01 Å². The summed E-state index contributed by atoms with van der Waals surface area (Å²) in [4.78, 5) is 25.9. The normalized spacial score (nSPS) is 18.5. The van der Waals surface area contributed by atoms with Crippen molar-refractivity contribution in [3.63, 3.8) is 0 Å². The van der Waals surface area contributed by atoms with Crippen LogP contribution in [0.5, 0.6) is 0 Å². The van der Waals surface area contributed by atoms with Gasteiger partial charge in [-0.15, -0.1) is 0 Å². The number of halogens is 1. The molecule has 1 atom stereocenters. The lowest BCUT2D eigenvalue weighted by atomic mass is 9.76. The fraction of sp³-hybridized carbons (Fsp3) is 0.208. The topological polar surface area (TPSA) is 99.2 Å². The molecule has 0 aromatic heterocycles.